The van der Waals surface area contributed by atoms with Crippen LogP contribution in [0.3, 0.4) is 0 Å². The summed E-state index contributed by atoms with van der Waals surface area (Å²) in [5.74, 6) is 0.943. The second kappa shape index (κ2) is 7.26. The van der Waals surface area contributed by atoms with Crippen LogP contribution >= 0.6 is 0 Å². The molecule has 1 saturated carbocycles. The van der Waals surface area contributed by atoms with Crippen molar-refractivity contribution in [1.29, 1.82) is 5.26 Å². The summed E-state index contributed by atoms with van der Waals surface area (Å²) >= 11 is 0. The molecule has 1 fully saturated rings. The van der Waals surface area contributed by atoms with Crippen molar-refractivity contribution in [2.75, 3.05) is 13.1 Å². The van der Waals surface area contributed by atoms with Crippen LogP contribution in [0.25, 0.3) is 0 Å². The molecule has 0 saturated heterocycles. The molecule has 0 spiro atoms. The zero-order valence-electron chi connectivity index (χ0n) is 13.4. The van der Waals surface area contributed by atoms with Crippen molar-refractivity contribution in [3.05, 3.63) is 0 Å². The molecule has 1 aliphatic carbocycles. The predicted molar refractivity (Wildman–Crippen MR) is 81.0 cm³/mol. The Morgan fingerprint density at radius 1 is 1.32 bits per heavy atom. The van der Waals surface area contributed by atoms with Crippen LogP contribution in [0.2, 0.25) is 0 Å². The zero-order chi connectivity index (χ0) is 14.5. The van der Waals surface area contributed by atoms with E-state index in [1.807, 2.05) is 6.92 Å². The zero-order valence-corrected chi connectivity index (χ0v) is 13.4. The molecule has 0 amide bonds. The van der Waals surface area contributed by atoms with Gasteiger partial charge in [-0.1, -0.05) is 0 Å². The summed E-state index contributed by atoms with van der Waals surface area (Å²) in [5, 5.41) is 12.7. The molecule has 1 atom stereocenters. The molecule has 0 aromatic rings. The maximum absolute atomic E-state index is 9.34. The van der Waals surface area contributed by atoms with Gasteiger partial charge in [0.1, 0.15) is 5.54 Å². The number of nitriles is 1. The van der Waals surface area contributed by atoms with Gasteiger partial charge in [-0.25, -0.2) is 0 Å². The molecule has 0 radical (unpaired) electrons. The lowest BCUT2D eigenvalue weighted by atomic mass is 9.96. The summed E-state index contributed by atoms with van der Waals surface area (Å²) in [7, 11) is 0. The van der Waals surface area contributed by atoms with E-state index in [4.69, 9.17) is 0 Å². The average Bonchev–Trinajstić information content (AvgIpc) is 3.10. The van der Waals surface area contributed by atoms with Crippen molar-refractivity contribution in [2.24, 2.45) is 5.92 Å². The third kappa shape index (κ3) is 6.40. The Kier molecular flexibility index (Phi) is 6.29. The monoisotopic (exact) mass is 265 g/mol. The fourth-order valence-electron chi connectivity index (χ4n) is 2.63. The highest BCUT2D eigenvalue weighted by Crippen LogP contribution is 2.30. The fourth-order valence-corrected chi connectivity index (χ4v) is 2.63. The van der Waals surface area contributed by atoms with Gasteiger partial charge in [-0.2, -0.15) is 5.26 Å². The predicted octanol–water partition coefficient (Wildman–Crippen LogP) is 3.17. The molecule has 1 N–H and O–H groups in total. The normalized spacial score (nSPS) is 18.9. The second-order valence-electron chi connectivity index (χ2n) is 6.88. The quantitative estimate of drug-likeness (QED) is 0.696. The Morgan fingerprint density at radius 2 is 1.95 bits per heavy atom. The lowest BCUT2D eigenvalue weighted by molar-refractivity contribution is 0.201. The Bertz CT molecular complexity index is 302. The van der Waals surface area contributed by atoms with Gasteiger partial charge in [-0.3, -0.25) is 5.32 Å². The molecule has 110 valence electrons. The lowest BCUT2D eigenvalue weighted by Gasteiger charge is -2.30. The van der Waals surface area contributed by atoms with Crippen molar-refractivity contribution >= 4 is 0 Å². The van der Waals surface area contributed by atoms with Gasteiger partial charge in [-0.15, -0.1) is 0 Å². The first-order chi connectivity index (χ1) is 8.86. The largest absolute Gasteiger partial charge is 0.301 e. The van der Waals surface area contributed by atoms with Crippen molar-refractivity contribution in [3.63, 3.8) is 0 Å². The van der Waals surface area contributed by atoms with Crippen molar-refractivity contribution in [1.82, 2.24) is 10.2 Å². The summed E-state index contributed by atoms with van der Waals surface area (Å²) in [5.41, 5.74) is -0.379. The lowest BCUT2D eigenvalue weighted by Crippen LogP contribution is -2.45. The van der Waals surface area contributed by atoms with Crippen LogP contribution in [0.15, 0.2) is 0 Å². The van der Waals surface area contributed by atoms with Gasteiger partial charge in [-0.05, 0) is 72.8 Å². The summed E-state index contributed by atoms with van der Waals surface area (Å²) < 4.78 is 0. The fraction of sp³-hybridized carbons (Fsp3) is 0.938. The highest BCUT2D eigenvalue weighted by Gasteiger charge is 2.27. The van der Waals surface area contributed by atoms with Crippen LogP contribution in [-0.2, 0) is 0 Å². The third-order valence-corrected chi connectivity index (χ3v) is 3.90. The minimum absolute atomic E-state index is 0.359. The highest BCUT2D eigenvalue weighted by atomic mass is 15.1. The van der Waals surface area contributed by atoms with E-state index in [0.29, 0.717) is 12.1 Å². The Hall–Kier alpha value is -0.590. The van der Waals surface area contributed by atoms with E-state index in [9.17, 15) is 5.26 Å². The highest BCUT2D eigenvalue weighted by molar-refractivity contribution is 5.04. The molecule has 0 heterocycles. The smallest absolute Gasteiger partial charge is 0.104 e. The first kappa shape index (κ1) is 16.5. The minimum Gasteiger partial charge on any atom is -0.301 e. The number of nitrogens with zero attached hydrogens (tertiary/aromatic N) is 2. The molecule has 0 aliphatic heterocycles. The summed E-state index contributed by atoms with van der Waals surface area (Å²) in [4.78, 5) is 2.57. The summed E-state index contributed by atoms with van der Waals surface area (Å²) in [6.07, 6.45) is 4.84. The molecular formula is C16H31N3. The van der Waals surface area contributed by atoms with Crippen LogP contribution in [-0.4, -0.2) is 35.6 Å². The molecule has 0 aromatic carbocycles. The standard InChI is InChI=1S/C16H31N3/c1-13(2)18-16(5,12-17)9-6-10-19(14(3)4)11-15-7-8-15/h13-15,18H,6-11H2,1-5H3. The average molecular weight is 265 g/mol. The van der Waals surface area contributed by atoms with Crippen molar-refractivity contribution in [2.45, 2.75) is 77.9 Å². The molecule has 0 bridgehead atoms. The molecular weight excluding hydrogens is 234 g/mol. The maximum Gasteiger partial charge on any atom is 0.104 e. The SMILES string of the molecule is CC(C)NC(C)(C#N)CCCN(CC1CC1)C(C)C. The van der Waals surface area contributed by atoms with E-state index in [0.717, 1.165) is 25.3 Å². The van der Waals surface area contributed by atoms with Gasteiger partial charge in [0.2, 0.25) is 0 Å². The summed E-state index contributed by atoms with van der Waals surface area (Å²) in [6.45, 7) is 13.1. The molecule has 0 aromatic heterocycles. The van der Waals surface area contributed by atoms with Crippen molar-refractivity contribution < 1.29 is 0 Å². The van der Waals surface area contributed by atoms with Crippen LogP contribution in [0, 0.1) is 17.2 Å². The van der Waals surface area contributed by atoms with Gasteiger partial charge in [0.25, 0.3) is 0 Å². The first-order valence-electron chi connectivity index (χ1n) is 7.79. The number of nitrogens with one attached hydrogen (secondary N) is 1. The van der Waals surface area contributed by atoms with E-state index in [1.54, 1.807) is 0 Å². The summed E-state index contributed by atoms with van der Waals surface area (Å²) in [6, 6.07) is 3.41. The topological polar surface area (TPSA) is 39.1 Å². The number of hydrogen-bond donors (Lipinski definition) is 1. The second-order valence-corrected chi connectivity index (χ2v) is 6.88. The molecule has 19 heavy (non-hydrogen) atoms. The number of hydrogen-bond acceptors (Lipinski definition) is 3. The van der Waals surface area contributed by atoms with Crippen LogP contribution in [0.1, 0.15) is 60.3 Å². The molecule has 3 nitrogen and oxygen atoms in total. The van der Waals surface area contributed by atoms with E-state index in [2.05, 4.69) is 44.0 Å². The van der Waals surface area contributed by atoms with Gasteiger partial charge in [0.05, 0.1) is 6.07 Å². The van der Waals surface area contributed by atoms with E-state index in [-0.39, 0.29) is 5.54 Å². The van der Waals surface area contributed by atoms with Crippen LogP contribution in [0.5, 0.6) is 0 Å². The molecule has 3 heteroatoms. The van der Waals surface area contributed by atoms with Gasteiger partial charge < -0.3 is 4.90 Å². The Morgan fingerprint density at radius 3 is 2.37 bits per heavy atom. The van der Waals surface area contributed by atoms with Gasteiger partial charge in [0, 0.05) is 18.6 Å². The van der Waals surface area contributed by atoms with Crippen LogP contribution < -0.4 is 5.32 Å². The van der Waals surface area contributed by atoms with E-state index >= 15 is 0 Å². The molecule has 1 rings (SSSR count). The minimum atomic E-state index is -0.379. The molecule has 1 unspecified atom stereocenters. The Balaban J connectivity index is 2.34. The number of rotatable bonds is 9. The van der Waals surface area contributed by atoms with Gasteiger partial charge in [0.15, 0.2) is 0 Å². The van der Waals surface area contributed by atoms with Crippen LogP contribution in [0.4, 0.5) is 0 Å². The molecule has 1 aliphatic rings. The van der Waals surface area contributed by atoms with E-state index in [1.165, 1.54) is 19.4 Å². The third-order valence-electron chi connectivity index (χ3n) is 3.90. The van der Waals surface area contributed by atoms with E-state index < -0.39 is 0 Å². The first-order valence-corrected chi connectivity index (χ1v) is 7.79. The van der Waals surface area contributed by atoms with Gasteiger partial charge >= 0.3 is 0 Å². The maximum atomic E-state index is 9.34. The van der Waals surface area contributed by atoms with Crippen molar-refractivity contribution in [3.8, 4) is 6.07 Å². The Labute approximate surface area is 119 Å².